The van der Waals surface area contributed by atoms with E-state index in [0.29, 0.717) is 19.3 Å². The molecule has 164 valence electrons. The minimum Gasteiger partial charge on any atom is -0.458 e. The van der Waals surface area contributed by atoms with Gasteiger partial charge in [0.15, 0.2) is 0 Å². The molecule has 0 N–H and O–H groups in total. The first kappa shape index (κ1) is 24.6. The smallest absolute Gasteiger partial charge is 0.434 e. The van der Waals surface area contributed by atoms with E-state index in [1.54, 1.807) is 0 Å². The van der Waals surface area contributed by atoms with Crippen LogP contribution in [0.15, 0.2) is 0 Å². The molecule has 1 rings (SSSR count). The average molecular weight is 420 g/mol. The minimum atomic E-state index is -5.78. The third-order valence-corrected chi connectivity index (χ3v) is 5.12. The van der Waals surface area contributed by atoms with Crippen molar-refractivity contribution in [2.75, 3.05) is 0 Å². The first-order valence-corrected chi connectivity index (χ1v) is 9.15. The van der Waals surface area contributed by atoms with Gasteiger partial charge in [-0.1, -0.05) is 27.2 Å². The number of halogens is 6. The minimum absolute atomic E-state index is 0.0470. The standard InChI is InChI=1S/C18H26F6O4/c1-4-15(2,3)10-7-12(25)28-16(8-5-6-9-16)11-13(26)27-14(17(19,20)21)18(22,23)24/h14H,4-11H2,1-3H3. The van der Waals surface area contributed by atoms with Crippen LogP contribution in [0, 0.1) is 5.41 Å². The van der Waals surface area contributed by atoms with Gasteiger partial charge in [0, 0.05) is 6.42 Å². The predicted octanol–water partition coefficient (Wildman–Crippen LogP) is 5.49. The number of esters is 2. The van der Waals surface area contributed by atoms with Crippen molar-refractivity contribution in [1.29, 1.82) is 0 Å². The van der Waals surface area contributed by atoms with Crippen LogP contribution in [0.5, 0.6) is 0 Å². The molecule has 10 heteroatoms. The summed E-state index contributed by atoms with van der Waals surface area (Å²) < 4.78 is 84.4. The van der Waals surface area contributed by atoms with E-state index in [0.717, 1.165) is 6.42 Å². The number of carbonyl (C=O) groups is 2. The summed E-state index contributed by atoms with van der Waals surface area (Å²) in [6, 6.07) is 0. The highest BCUT2D eigenvalue weighted by Crippen LogP contribution is 2.40. The molecule has 1 aliphatic rings. The Balaban J connectivity index is 2.77. The molecule has 0 bridgehead atoms. The van der Waals surface area contributed by atoms with Crippen LogP contribution >= 0.6 is 0 Å². The zero-order chi connectivity index (χ0) is 21.8. The molecule has 0 heterocycles. The van der Waals surface area contributed by atoms with Crippen molar-refractivity contribution < 1.29 is 45.4 Å². The van der Waals surface area contributed by atoms with Gasteiger partial charge in [-0.15, -0.1) is 0 Å². The van der Waals surface area contributed by atoms with Crippen molar-refractivity contribution in [3.8, 4) is 0 Å². The predicted molar refractivity (Wildman–Crippen MR) is 87.2 cm³/mol. The van der Waals surface area contributed by atoms with Gasteiger partial charge in [0.2, 0.25) is 0 Å². The number of carbonyl (C=O) groups excluding carboxylic acids is 2. The summed E-state index contributed by atoms with van der Waals surface area (Å²) in [4.78, 5) is 24.0. The number of ether oxygens (including phenoxy) is 2. The fourth-order valence-corrected chi connectivity index (χ4v) is 3.00. The molecular formula is C18H26F6O4. The molecular weight excluding hydrogens is 394 g/mol. The fraction of sp³-hybridized carbons (Fsp3) is 0.889. The first-order valence-electron chi connectivity index (χ1n) is 9.15. The van der Waals surface area contributed by atoms with E-state index < -0.39 is 42.4 Å². The topological polar surface area (TPSA) is 52.6 Å². The van der Waals surface area contributed by atoms with Crippen LogP contribution < -0.4 is 0 Å². The molecule has 0 spiro atoms. The number of rotatable bonds is 8. The fourth-order valence-electron chi connectivity index (χ4n) is 3.00. The molecule has 1 aliphatic carbocycles. The van der Waals surface area contributed by atoms with E-state index in [1.165, 1.54) is 0 Å². The summed E-state index contributed by atoms with van der Waals surface area (Å²) in [5, 5.41) is 0. The normalized spacial score (nSPS) is 17.6. The second-order valence-corrected chi connectivity index (χ2v) is 8.01. The van der Waals surface area contributed by atoms with Crippen LogP contribution in [-0.2, 0) is 19.1 Å². The second-order valence-electron chi connectivity index (χ2n) is 8.01. The molecule has 4 nitrogen and oxygen atoms in total. The molecule has 0 radical (unpaired) electrons. The monoisotopic (exact) mass is 420 g/mol. The lowest BCUT2D eigenvalue weighted by atomic mass is 9.85. The first-order chi connectivity index (χ1) is 12.6. The van der Waals surface area contributed by atoms with Crippen LogP contribution in [0.1, 0.15) is 72.1 Å². The Hall–Kier alpha value is -1.48. The zero-order valence-electron chi connectivity index (χ0n) is 16.1. The Morgan fingerprint density at radius 3 is 1.89 bits per heavy atom. The summed E-state index contributed by atoms with van der Waals surface area (Å²) >= 11 is 0. The summed E-state index contributed by atoms with van der Waals surface area (Å²) in [5.74, 6) is -2.32. The van der Waals surface area contributed by atoms with Crippen LogP contribution in [-0.4, -0.2) is 36.0 Å². The van der Waals surface area contributed by atoms with Gasteiger partial charge in [-0.3, -0.25) is 9.59 Å². The Labute approximate surface area is 159 Å². The lowest BCUT2D eigenvalue weighted by Crippen LogP contribution is -2.46. The molecule has 0 atom stereocenters. The maximum atomic E-state index is 12.6. The van der Waals surface area contributed by atoms with Crippen molar-refractivity contribution >= 4 is 11.9 Å². The highest BCUT2D eigenvalue weighted by molar-refractivity contribution is 5.74. The average Bonchev–Trinajstić information content (AvgIpc) is 2.96. The van der Waals surface area contributed by atoms with Gasteiger partial charge in [0.1, 0.15) is 5.60 Å². The maximum absolute atomic E-state index is 12.6. The molecule has 0 saturated heterocycles. The number of hydrogen-bond donors (Lipinski definition) is 0. The third-order valence-electron chi connectivity index (χ3n) is 5.12. The van der Waals surface area contributed by atoms with Gasteiger partial charge < -0.3 is 9.47 Å². The molecule has 1 saturated carbocycles. The molecule has 0 aromatic rings. The lowest BCUT2D eigenvalue weighted by Gasteiger charge is -2.30. The van der Waals surface area contributed by atoms with E-state index >= 15 is 0 Å². The summed E-state index contributed by atoms with van der Waals surface area (Å²) in [6.07, 6.45) is -13.8. The molecule has 0 amide bonds. The quantitative estimate of drug-likeness (QED) is 0.385. The maximum Gasteiger partial charge on any atom is 0.434 e. The summed E-state index contributed by atoms with van der Waals surface area (Å²) in [5.41, 5.74) is -1.53. The SMILES string of the molecule is CCC(C)(C)CCC(=O)OC1(CC(=O)OC(C(F)(F)F)C(F)(F)F)CCCC1. The highest BCUT2D eigenvalue weighted by Gasteiger charge is 2.60. The third kappa shape index (κ3) is 7.50. The summed E-state index contributed by atoms with van der Waals surface area (Å²) in [6.45, 7) is 5.87. The molecule has 0 aliphatic heterocycles. The van der Waals surface area contributed by atoms with E-state index in [9.17, 15) is 35.9 Å². The second kappa shape index (κ2) is 8.90. The van der Waals surface area contributed by atoms with Crippen molar-refractivity contribution in [2.24, 2.45) is 5.41 Å². The van der Waals surface area contributed by atoms with Crippen LogP contribution in [0.25, 0.3) is 0 Å². The van der Waals surface area contributed by atoms with Gasteiger partial charge in [-0.05, 0) is 37.5 Å². The van der Waals surface area contributed by atoms with E-state index in [-0.39, 0.29) is 24.7 Å². The van der Waals surface area contributed by atoms with Crippen molar-refractivity contribution in [3.63, 3.8) is 0 Å². The Kier molecular flexibility index (Phi) is 7.81. The van der Waals surface area contributed by atoms with Crippen LogP contribution in [0.3, 0.4) is 0 Å². The van der Waals surface area contributed by atoms with E-state index in [4.69, 9.17) is 4.74 Å². The van der Waals surface area contributed by atoms with E-state index in [2.05, 4.69) is 4.74 Å². The van der Waals surface area contributed by atoms with Gasteiger partial charge in [-0.2, -0.15) is 26.3 Å². The van der Waals surface area contributed by atoms with Crippen LogP contribution in [0.4, 0.5) is 26.3 Å². The lowest BCUT2D eigenvalue weighted by molar-refractivity contribution is -0.314. The largest absolute Gasteiger partial charge is 0.458 e. The number of hydrogen-bond acceptors (Lipinski definition) is 4. The number of alkyl halides is 6. The van der Waals surface area contributed by atoms with Crippen molar-refractivity contribution in [1.82, 2.24) is 0 Å². The summed E-state index contributed by atoms with van der Waals surface area (Å²) in [7, 11) is 0. The Morgan fingerprint density at radius 2 is 1.46 bits per heavy atom. The molecule has 1 fully saturated rings. The zero-order valence-corrected chi connectivity index (χ0v) is 16.1. The van der Waals surface area contributed by atoms with Gasteiger partial charge in [0.05, 0.1) is 6.42 Å². The van der Waals surface area contributed by atoms with E-state index in [1.807, 2.05) is 20.8 Å². The van der Waals surface area contributed by atoms with Gasteiger partial charge >= 0.3 is 24.3 Å². The van der Waals surface area contributed by atoms with Crippen molar-refractivity contribution in [3.05, 3.63) is 0 Å². The molecule has 0 aromatic carbocycles. The van der Waals surface area contributed by atoms with Gasteiger partial charge in [0.25, 0.3) is 6.10 Å². The Bertz CT molecular complexity index is 533. The molecule has 0 unspecified atom stereocenters. The molecule has 28 heavy (non-hydrogen) atoms. The van der Waals surface area contributed by atoms with Crippen LogP contribution in [0.2, 0.25) is 0 Å². The van der Waals surface area contributed by atoms with Crippen molar-refractivity contribution in [2.45, 2.75) is 96.2 Å². The molecule has 0 aromatic heterocycles. The highest BCUT2D eigenvalue weighted by atomic mass is 19.4. The van der Waals surface area contributed by atoms with Gasteiger partial charge in [-0.25, -0.2) is 0 Å². The Morgan fingerprint density at radius 1 is 0.964 bits per heavy atom.